The van der Waals surface area contributed by atoms with Crippen molar-refractivity contribution in [3.05, 3.63) is 18.2 Å². The summed E-state index contributed by atoms with van der Waals surface area (Å²) in [5.74, 6) is 0. The minimum Gasteiger partial charge on any atom is -0.340 e. The Hall–Kier alpha value is -0.830. The van der Waals surface area contributed by atoms with Crippen LogP contribution in [0.4, 0.5) is 0 Å². The zero-order valence-electron chi connectivity index (χ0n) is 5.70. The third-order valence-electron chi connectivity index (χ3n) is 1.19. The van der Waals surface area contributed by atoms with E-state index in [-0.39, 0.29) is 6.04 Å². The predicted molar refractivity (Wildman–Crippen MR) is 35.8 cm³/mol. The highest BCUT2D eigenvalue weighted by molar-refractivity contribution is 5.00. The minimum atomic E-state index is 0.0474. The molecule has 1 aromatic heterocycles. The van der Waals surface area contributed by atoms with Crippen molar-refractivity contribution in [2.45, 2.75) is 13.0 Å². The van der Waals surface area contributed by atoms with Gasteiger partial charge in [0, 0.05) is 19.3 Å². The fourth-order valence-electron chi connectivity index (χ4n) is 0.668. The monoisotopic (exact) mass is 125 g/mol. The van der Waals surface area contributed by atoms with E-state index in [0.29, 0.717) is 0 Å². The molecular formula is C6H11N3. The molecule has 0 aliphatic heterocycles. The SMILES string of the molecule is CC(N)c1cn(C)cn1. The quantitative estimate of drug-likeness (QED) is 0.591. The smallest absolute Gasteiger partial charge is 0.0947 e. The number of hydrogen-bond acceptors (Lipinski definition) is 2. The van der Waals surface area contributed by atoms with Gasteiger partial charge in [0.2, 0.25) is 0 Å². The van der Waals surface area contributed by atoms with Gasteiger partial charge in [0.15, 0.2) is 0 Å². The van der Waals surface area contributed by atoms with Crippen molar-refractivity contribution >= 4 is 0 Å². The lowest BCUT2D eigenvalue weighted by Gasteiger charge is -1.95. The third-order valence-corrected chi connectivity index (χ3v) is 1.19. The van der Waals surface area contributed by atoms with Crippen molar-refractivity contribution in [3.8, 4) is 0 Å². The highest BCUT2D eigenvalue weighted by Gasteiger charge is 1.99. The lowest BCUT2D eigenvalue weighted by atomic mass is 10.3. The molecule has 0 fully saturated rings. The van der Waals surface area contributed by atoms with Crippen molar-refractivity contribution in [2.24, 2.45) is 12.8 Å². The van der Waals surface area contributed by atoms with Crippen LogP contribution in [0.5, 0.6) is 0 Å². The summed E-state index contributed by atoms with van der Waals surface area (Å²) in [7, 11) is 1.93. The molecule has 0 amide bonds. The molecule has 0 spiro atoms. The molecular weight excluding hydrogens is 114 g/mol. The van der Waals surface area contributed by atoms with Crippen LogP contribution in [0.2, 0.25) is 0 Å². The number of imidazole rings is 1. The summed E-state index contributed by atoms with van der Waals surface area (Å²) >= 11 is 0. The zero-order valence-corrected chi connectivity index (χ0v) is 5.70. The van der Waals surface area contributed by atoms with Crippen molar-refractivity contribution in [2.75, 3.05) is 0 Å². The normalized spacial score (nSPS) is 13.7. The van der Waals surface area contributed by atoms with Gasteiger partial charge in [-0.1, -0.05) is 0 Å². The van der Waals surface area contributed by atoms with Crippen LogP contribution in [0.15, 0.2) is 12.5 Å². The van der Waals surface area contributed by atoms with Crippen LogP contribution in [-0.4, -0.2) is 9.55 Å². The lowest BCUT2D eigenvalue weighted by molar-refractivity contribution is 0.786. The van der Waals surface area contributed by atoms with Gasteiger partial charge in [-0.15, -0.1) is 0 Å². The average molecular weight is 125 g/mol. The van der Waals surface area contributed by atoms with E-state index in [1.54, 1.807) is 6.33 Å². The number of rotatable bonds is 1. The number of hydrogen-bond donors (Lipinski definition) is 1. The van der Waals surface area contributed by atoms with E-state index in [1.165, 1.54) is 0 Å². The van der Waals surface area contributed by atoms with E-state index in [1.807, 2.05) is 24.7 Å². The summed E-state index contributed by atoms with van der Waals surface area (Å²) in [6.45, 7) is 1.92. The van der Waals surface area contributed by atoms with E-state index in [4.69, 9.17) is 5.73 Å². The molecule has 50 valence electrons. The molecule has 1 unspecified atom stereocenters. The first-order valence-electron chi connectivity index (χ1n) is 2.93. The van der Waals surface area contributed by atoms with Gasteiger partial charge in [-0.3, -0.25) is 0 Å². The Morgan fingerprint density at radius 1 is 1.78 bits per heavy atom. The molecule has 0 saturated heterocycles. The van der Waals surface area contributed by atoms with Crippen LogP contribution in [0.25, 0.3) is 0 Å². The van der Waals surface area contributed by atoms with Crippen molar-refractivity contribution in [1.29, 1.82) is 0 Å². The molecule has 0 aliphatic rings. The van der Waals surface area contributed by atoms with Gasteiger partial charge in [0.1, 0.15) is 0 Å². The highest BCUT2D eigenvalue weighted by atomic mass is 15.0. The van der Waals surface area contributed by atoms with Crippen LogP contribution in [-0.2, 0) is 7.05 Å². The second-order valence-corrected chi connectivity index (χ2v) is 2.25. The zero-order chi connectivity index (χ0) is 6.85. The van der Waals surface area contributed by atoms with E-state index >= 15 is 0 Å². The second-order valence-electron chi connectivity index (χ2n) is 2.25. The standard InChI is InChI=1S/C6H11N3/c1-5(7)6-3-9(2)4-8-6/h3-5H,7H2,1-2H3. The van der Waals surface area contributed by atoms with Crippen molar-refractivity contribution in [3.63, 3.8) is 0 Å². The molecule has 0 saturated carbocycles. The summed E-state index contributed by atoms with van der Waals surface area (Å²) in [5.41, 5.74) is 6.49. The summed E-state index contributed by atoms with van der Waals surface area (Å²) in [6, 6.07) is 0.0474. The molecule has 0 aliphatic carbocycles. The topological polar surface area (TPSA) is 43.8 Å². The summed E-state index contributed by atoms with van der Waals surface area (Å²) in [6.07, 6.45) is 3.67. The number of nitrogens with zero attached hydrogens (tertiary/aromatic N) is 2. The number of aryl methyl sites for hydroxylation is 1. The van der Waals surface area contributed by atoms with Gasteiger partial charge >= 0.3 is 0 Å². The van der Waals surface area contributed by atoms with Crippen LogP contribution < -0.4 is 5.73 Å². The number of aromatic nitrogens is 2. The van der Waals surface area contributed by atoms with Crippen LogP contribution in [0.1, 0.15) is 18.7 Å². The fraction of sp³-hybridized carbons (Fsp3) is 0.500. The first-order valence-corrected chi connectivity index (χ1v) is 2.93. The summed E-state index contributed by atoms with van der Waals surface area (Å²) < 4.78 is 1.89. The van der Waals surface area contributed by atoms with Crippen LogP contribution in [0, 0.1) is 0 Å². The van der Waals surface area contributed by atoms with Crippen molar-refractivity contribution < 1.29 is 0 Å². The van der Waals surface area contributed by atoms with Gasteiger partial charge in [-0.25, -0.2) is 4.98 Å². The molecule has 0 aromatic carbocycles. The van der Waals surface area contributed by atoms with Gasteiger partial charge in [-0.2, -0.15) is 0 Å². The first kappa shape index (κ1) is 6.29. The van der Waals surface area contributed by atoms with Gasteiger partial charge < -0.3 is 10.3 Å². The Kier molecular flexibility index (Phi) is 1.53. The molecule has 1 heterocycles. The Morgan fingerprint density at radius 2 is 2.44 bits per heavy atom. The maximum Gasteiger partial charge on any atom is 0.0947 e. The molecule has 1 rings (SSSR count). The Bertz CT molecular complexity index is 190. The molecule has 0 bridgehead atoms. The van der Waals surface area contributed by atoms with Crippen LogP contribution in [0.3, 0.4) is 0 Å². The molecule has 2 N–H and O–H groups in total. The van der Waals surface area contributed by atoms with Crippen LogP contribution >= 0.6 is 0 Å². The lowest BCUT2D eigenvalue weighted by Crippen LogP contribution is -2.04. The molecule has 3 heteroatoms. The molecule has 1 aromatic rings. The molecule has 3 nitrogen and oxygen atoms in total. The Balaban J connectivity index is 2.85. The summed E-state index contributed by atoms with van der Waals surface area (Å²) in [5, 5.41) is 0. The fourth-order valence-corrected chi connectivity index (χ4v) is 0.668. The maximum atomic E-state index is 5.55. The van der Waals surface area contributed by atoms with Crippen molar-refractivity contribution in [1.82, 2.24) is 9.55 Å². The predicted octanol–water partition coefficient (Wildman–Crippen LogP) is 0.440. The van der Waals surface area contributed by atoms with E-state index < -0.39 is 0 Å². The van der Waals surface area contributed by atoms with E-state index in [9.17, 15) is 0 Å². The maximum absolute atomic E-state index is 5.55. The highest BCUT2D eigenvalue weighted by Crippen LogP contribution is 2.03. The summed E-state index contributed by atoms with van der Waals surface area (Å²) in [4.78, 5) is 4.05. The minimum absolute atomic E-state index is 0.0474. The van der Waals surface area contributed by atoms with Gasteiger partial charge in [0.25, 0.3) is 0 Å². The average Bonchev–Trinajstić information content (AvgIpc) is 2.14. The molecule has 9 heavy (non-hydrogen) atoms. The Morgan fingerprint density at radius 3 is 2.67 bits per heavy atom. The van der Waals surface area contributed by atoms with E-state index in [0.717, 1.165) is 5.69 Å². The van der Waals surface area contributed by atoms with Gasteiger partial charge in [-0.05, 0) is 6.92 Å². The molecule has 1 atom stereocenters. The molecule has 0 radical (unpaired) electrons. The van der Waals surface area contributed by atoms with Gasteiger partial charge in [0.05, 0.1) is 12.0 Å². The Labute approximate surface area is 54.5 Å². The third kappa shape index (κ3) is 1.29. The second kappa shape index (κ2) is 2.19. The number of nitrogens with two attached hydrogens (primary N) is 1. The largest absolute Gasteiger partial charge is 0.340 e. The van der Waals surface area contributed by atoms with E-state index in [2.05, 4.69) is 4.98 Å². The first-order chi connectivity index (χ1) is 4.20.